The number of benzene rings is 1. The summed E-state index contributed by atoms with van der Waals surface area (Å²) in [4.78, 5) is 16.5. The number of hydrogen-bond donors (Lipinski definition) is 1. The SMILES string of the molecule is Cc1ncccc1NC(=O)[C@@H](C)Oc1nn(-c2ccccc2)cc1Br. The lowest BCUT2D eigenvalue weighted by atomic mass is 10.3. The zero-order valence-electron chi connectivity index (χ0n) is 13.8. The second-order valence-corrected chi connectivity index (χ2v) is 6.30. The number of halogens is 1. The summed E-state index contributed by atoms with van der Waals surface area (Å²) >= 11 is 3.42. The molecular weight excluding hydrogens is 384 g/mol. The van der Waals surface area contributed by atoms with Gasteiger partial charge in [0, 0.05) is 12.4 Å². The number of rotatable bonds is 5. The van der Waals surface area contributed by atoms with Gasteiger partial charge in [0.25, 0.3) is 5.91 Å². The van der Waals surface area contributed by atoms with Crippen LogP contribution < -0.4 is 10.1 Å². The second kappa shape index (κ2) is 7.48. The normalized spacial score (nSPS) is 11.8. The average molecular weight is 401 g/mol. The van der Waals surface area contributed by atoms with E-state index >= 15 is 0 Å². The van der Waals surface area contributed by atoms with Crippen molar-refractivity contribution in [3.8, 4) is 11.6 Å². The molecule has 7 heteroatoms. The fourth-order valence-corrected chi connectivity index (χ4v) is 2.57. The average Bonchev–Trinajstić information content (AvgIpc) is 2.98. The lowest BCUT2D eigenvalue weighted by Gasteiger charge is -2.14. The molecule has 0 saturated carbocycles. The van der Waals surface area contributed by atoms with Crippen LogP contribution in [-0.2, 0) is 4.79 Å². The standard InChI is InChI=1S/C18H17BrN4O2/c1-12-16(9-6-10-20-12)21-17(24)13(2)25-18-15(19)11-23(22-18)14-7-4-3-5-8-14/h3-11,13H,1-2H3,(H,21,24)/t13-/m1/s1. The Hall–Kier alpha value is -2.67. The quantitative estimate of drug-likeness (QED) is 0.707. The molecule has 0 saturated heterocycles. The molecule has 0 unspecified atom stereocenters. The molecule has 0 bridgehead atoms. The number of carbonyl (C=O) groups excluding carboxylic acids is 1. The van der Waals surface area contributed by atoms with Crippen molar-refractivity contribution in [1.82, 2.24) is 14.8 Å². The van der Waals surface area contributed by atoms with Gasteiger partial charge in [-0.25, -0.2) is 4.68 Å². The Balaban J connectivity index is 1.71. The third-order valence-corrected chi connectivity index (χ3v) is 4.13. The summed E-state index contributed by atoms with van der Waals surface area (Å²) in [5, 5.41) is 7.19. The molecule has 2 heterocycles. The van der Waals surface area contributed by atoms with Crippen molar-refractivity contribution in [2.45, 2.75) is 20.0 Å². The summed E-state index contributed by atoms with van der Waals surface area (Å²) in [6.45, 7) is 3.51. The van der Waals surface area contributed by atoms with E-state index in [4.69, 9.17) is 4.74 Å². The highest BCUT2D eigenvalue weighted by Gasteiger charge is 2.19. The minimum Gasteiger partial charge on any atom is -0.463 e. The zero-order valence-corrected chi connectivity index (χ0v) is 15.4. The monoisotopic (exact) mass is 400 g/mol. The van der Waals surface area contributed by atoms with Gasteiger partial charge in [-0.05, 0) is 54.0 Å². The van der Waals surface area contributed by atoms with Gasteiger partial charge in [-0.3, -0.25) is 9.78 Å². The molecule has 2 aromatic heterocycles. The highest BCUT2D eigenvalue weighted by atomic mass is 79.9. The molecule has 0 aliphatic heterocycles. The van der Waals surface area contributed by atoms with E-state index in [2.05, 4.69) is 31.3 Å². The first-order valence-electron chi connectivity index (χ1n) is 7.74. The Morgan fingerprint density at radius 2 is 2.00 bits per heavy atom. The molecule has 1 atom stereocenters. The lowest BCUT2D eigenvalue weighted by molar-refractivity contribution is -0.122. The lowest BCUT2D eigenvalue weighted by Crippen LogP contribution is -2.30. The molecule has 3 rings (SSSR count). The third-order valence-electron chi connectivity index (χ3n) is 3.58. The van der Waals surface area contributed by atoms with Crippen LogP contribution in [0.4, 0.5) is 5.69 Å². The van der Waals surface area contributed by atoms with Gasteiger partial charge in [0.2, 0.25) is 5.88 Å². The number of nitrogens with one attached hydrogen (secondary N) is 1. The van der Waals surface area contributed by atoms with Crippen LogP contribution in [0.25, 0.3) is 5.69 Å². The summed E-state index contributed by atoms with van der Waals surface area (Å²) in [5.41, 5.74) is 2.32. The molecule has 0 aliphatic carbocycles. The highest BCUT2D eigenvalue weighted by Crippen LogP contribution is 2.25. The second-order valence-electron chi connectivity index (χ2n) is 5.45. The van der Waals surface area contributed by atoms with Crippen LogP contribution in [0.1, 0.15) is 12.6 Å². The van der Waals surface area contributed by atoms with Gasteiger partial charge in [0.15, 0.2) is 6.10 Å². The number of para-hydroxylation sites is 1. The first kappa shape index (κ1) is 17.2. The molecule has 1 amide bonds. The van der Waals surface area contributed by atoms with Gasteiger partial charge in [0.05, 0.1) is 21.5 Å². The molecule has 1 N–H and O–H groups in total. The number of aryl methyl sites for hydroxylation is 1. The molecule has 0 fully saturated rings. The topological polar surface area (TPSA) is 69.0 Å². The number of ether oxygens (including phenoxy) is 1. The van der Waals surface area contributed by atoms with Crippen LogP contribution in [0.3, 0.4) is 0 Å². The van der Waals surface area contributed by atoms with E-state index in [1.165, 1.54) is 0 Å². The zero-order chi connectivity index (χ0) is 17.8. The fourth-order valence-electron chi connectivity index (χ4n) is 2.20. The van der Waals surface area contributed by atoms with E-state index < -0.39 is 6.10 Å². The van der Waals surface area contributed by atoms with Crippen molar-refractivity contribution in [1.29, 1.82) is 0 Å². The maximum atomic E-state index is 12.3. The molecule has 6 nitrogen and oxygen atoms in total. The van der Waals surface area contributed by atoms with E-state index in [1.54, 1.807) is 36.1 Å². The Labute approximate surface area is 154 Å². The van der Waals surface area contributed by atoms with Crippen molar-refractivity contribution in [3.05, 3.63) is 65.0 Å². The van der Waals surface area contributed by atoms with Gasteiger partial charge in [-0.2, -0.15) is 0 Å². The van der Waals surface area contributed by atoms with Crippen LogP contribution in [-0.4, -0.2) is 26.8 Å². The number of aromatic nitrogens is 3. The Morgan fingerprint density at radius 3 is 2.72 bits per heavy atom. The van der Waals surface area contributed by atoms with Crippen LogP contribution in [0, 0.1) is 6.92 Å². The minimum absolute atomic E-state index is 0.266. The van der Waals surface area contributed by atoms with Crippen molar-refractivity contribution in [2.75, 3.05) is 5.32 Å². The molecule has 128 valence electrons. The van der Waals surface area contributed by atoms with Crippen LogP contribution in [0.5, 0.6) is 5.88 Å². The Kier molecular flexibility index (Phi) is 5.14. The minimum atomic E-state index is -0.713. The molecule has 3 aromatic rings. The van der Waals surface area contributed by atoms with Crippen molar-refractivity contribution >= 4 is 27.5 Å². The van der Waals surface area contributed by atoms with E-state index in [0.717, 1.165) is 11.4 Å². The molecule has 1 aromatic carbocycles. The molecule has 0 aliphatic rings. The van der Waals surface area contributed by atoms with Gasteiger partial charge < -0.3 is 10.1 Å². The first-order chi connectivity index (χ1) is 12.0. The van der Waals surface area contributed by atoms with E-state index in [9.17, 15) is 4.79 Å². The van der Waals surface area contributed by atoms with Crippen molar-refractivity contribution in [2.24, 2.45) is 0 Å². The number of hydrogen-bond acceptors (Lipinski definition) is 4. The van der Waals surface area contributed by atoms with Crippen LogP contribution in [0.2, 0.25) is 0 Å². The third kappa shape index (κ3) is 4.06. The highest BCUT2D eigenvalue weighted by molar-refractivity contribution is 9.10. The summed E-state index contributed by atoms with van der Waals surface area (Å²) in [6, 6.07) is 13.2. The summed E-state index contributed by atoms with van der Waals surface area (Å²) in [6.07, 6.45) is 2.76. The molecule has 0 radical (unpaired) electrons. The molecule has 0 spiro atoms. The number of pyridine rings is 1. The summed E-state index contributed by atoms with van der Waals surface area (Å²) in [5.74, 6) is 0.0895. The molecular formula is C18H17BrN4O2. The van der Waals surface area contributed by atoms with Gasteiger partial charge in [-0.15, -0.1) is 5.10 Å². The van der Waals surface area contributed by atoms with Gasteiger partial charge >= 0.3 is 0 Å². The van der Waals surface area contributed by atoms with E-state index in [1.807, 2.05) is 37.3 Å². The van der Waals surface area contributed by atoms with Gasteiger partial charge in [0.1, 0.15) is 0 Å². The van der Waals surface area contributed by atoms with E-state index in [0.29, 0.717) is 16.0 Å². The van der Waals surface area contributed by atoms with Gasteiger partial charge in [-0.1, -0.05) is 18.2 Å². The fraction of sp³-hybridized carbons (Fsp3) is 0.167. The van der Waals surface area contributed by atoms with Crippen LogP contribution >= 0.6 is 15.9 Å². The number of carbonyl (C=O) groups is 1. The molecule has 25 heavy (non-hydrogen) atoms. The number of anilines is 1. The van der Waals surface area contributed by atoms with Crippen LogP contribution in [0.15, 0.2) is 59.3 Å². The maximum absolute atomic E-state index is 12.3. The summed E-state index contributed by atoms with van der Waals surface area (Å²) in [7, 11) is 0. The Bertz CT molecular complexity index is 880. The first-order valence-corrected chi connectivity index (χ1v) is 8.53. The number of nitrogens with zero attached hydrogens (tertiary/aromatic N) is 3. The smallest absolute Gasteiger partial charge is 0.265 e. The largest absolute Gasteiger partial charge is 0.463 e. The van der Waals surface area contributed by atoms with Crippen molar-refractivity contribution in [3.63, 3.8) is 0 Å². The summed E-state index contributed by atoms with van der Waals surface area (Å²) < 4.78 is 8.07. The number of amides is 1. The maximum Gasteiger partial charge on any atom is 0.265 e. The predicted octanol–water partition coefficient (Wildman–Crippen LogP) is 3.74. The predicted molar refractivity (Wildman–Crippen MR) is 99.0 cm³/mol. The van der Waals surface area contributed by atoms with E-state index in [-0.39, 0.29) is 5.91 Å². The van der Waals surface area contributed by atoms with Crippen molar-refractivity contribution < 1.29 is 9.53 Å². The Morgan fingerprint density at radius 1 is 1.24 bits per heavy atom.